The summed E-state index contributed by atoms with van der Waals surface area (Å²) in [4.78, 5) is 14.1. The first-order valence-electron chi connectivity index (χ1n) is 7.57. The third-order valence-electron chi connectivity index (χ3n) is 4.01. The fourth-order valence-electron chi connectivity index (χ4n) is 2.45. The Labute approximate surface area is 117 Å². The molecule has 19 heavy (non-hydrogen) atoms. The summed E-state index contributed by atoms with van der Waals surface area (Å²) in [6.07, 6.45) is 2.72. The van der Waals surface area contributed by atoms with E-state index in [4.69, 9.17) is 10.5 Å². The molecule has 0 saturated carbocycles. The summed E-state index contributed by atoms with van der Waals surface area (Å²) in [6.45, 7) is 10.6. The highest BCUT2D eigenvalue weighted by molar-refractivity contribution is 5.80. The highest BCUT2D eigenvalue weighted by Gasteiger charge is 2.27. The number of hydrogen-bond donors (Lipinski definition) is 1. The predicted molar refractivity (Wildman–Crippen MR) is 77.8 cm³/mol. The summed E-state index contributed by atoms with van der Waals surface area (Å²) < 4.78 is 5.63. The number of rotatable bonds is 6. The summed E-state index contributed by atoms with van der Waals surface area (Å²) >= 11 is 0. The van der Waals surface area contributed by atoms with Crippen LogP contribution in [0.1, 0.15) is 47.0 Å². The van der Waals surface area contributed by atoms with Crippen LogP contribution in [-0.2, 0) is 9.53 Å². The van der Waals surface area contributed by atoms with Gasteiger partial charge in [-0.2, -0.15) is 0 Å². The van der Waals surface area contributed by atoms with E-state index in [1.165, 1.54) is 0 Å². The van der Waals surface area contributed by atoms with Crippen LogP contribution in [0.4, 0.5) is 0 Å². The lowest BCUT2D eigenvalue weighted by atomic mass is 9.91. The monoisotopic (exact) mass is 270 g/mol. The van der Waals surface area contributed by atoms with Gasteiger partial charge >= 0.3 is 0 Å². The van der Waals surface area contributed by atoms with Gasteiger partial charge in [0.2, 0.25) is 0 Å². The van der Waals surface area contributed by atoms with Crippen molar-refractivity contribution in [2.75, 3.05) is 19.7 Å². The van der Waals surface area contributed by atoms with E-state index in [0.717, 1.165) is 32.4 Å². The van der Waals surface area contributed by atoms with Gasteiger partial charge in [-0.3, -0.25) is 4.79 Å². The number of likely N-dealkylation sites (tertiary alicyclic amines) is 1. The molecular formula is C15H30N2O2. The van der Waals surface area contributed by atoms with Crippen molar-refractivity contribution in [2.24, 2.45) is 17.6 Å². The molecule has 4 heteroatoms. The van der Waals surface area contributed by atoms with E-state index in [1.54, 1.807) is 0 Å². The van der Waals surface area contributed by atoms with Crippen LogP contribution >= 0.6 is 0 Å². The molecular weight excluding hydrogens is 240 g/mol. The largest absolute Gasteiger partial charge is 0.369 e. The van der Waals surface area contributed by atoms with Gasteiger partial charge in [-0.1, -0.05) is 13.8 Å². The first-order chi connectivity index (χ1) is 8.91. The minimum absolute atomic E-state index is 0.131. The van der Waals surface area contributed by atoms with E-state index in [0.29, 0.717) is 18.4 Å². The van der Waals surface area contributed by atoms with Crippen molar-refractivity contribution in [3.63, 3.8) is 0 Å². The summed E-state index contributed by atoms with van der Waals surface area (Å²) in [6, 6.07) is 0.233. The maximum Gasteiger partial charge on any atom is 0.251 e. The number of hydrogen-bond acceptors (Lipinski definition) is 3. The van der Waals surface area contributed by atoms with E-state index in [9.17, 15) is 4.79 Å². The van der Waals surface area contributed by atoms with Gasteiger partial charge in [0.15, 0.2) is 0 Å². The molecule has 1 rings (SSSR count). The van der Waals surface area contributed by atoms with E-state index >= 15 is 0 Å². The molecule has 2 atom stereocenters. The van der Waals surface area contributed by atoms with Crippen molar-refractivity contribution < 1.29 is 9.53 Å². The molecule has 112 valence electrons. The lowest BCUT2D eigenvalue weighted by Gasteiger charge is -2.35. The fourth-order valence-corrected chi connectivity index (χ4v) is 2.45. The molecule has 1 aliphatic rings. The molecule has 4 nitrogen and oxygen atoms in total. The molecule has 0 aromatic rings. The van der Waals surface area contributed by atoms with Crippen LogP contribution in [0.15, 0.2) is 0 Å². The number of nitrogens with zero attached hydrogens (tertiary/aromatic N) is 1. The number of ether oxygens (including phenoxy) is 1. The maximum absolute atomic E-state index is 12.2. The normalized spacial score (nSPS) is 20.6. The van der Waals surface area contributed by atoms with Gasteiger partial charge in [-0.05, 0) is 44.9 Å². The van der Waals surface area contributed by atoms with Crippen molar-refractivity contribution in [3.8, 4) is 0 Å². The van der Waals surface area contributed by atoms with Gasteiger partial charge in [0.05, 0.1) is 0 Å². The first kappa shape index (κ1) is 16.4. The maximum atomic E-state index is 12.2. The number of carbonyl (C=O) groups is 1. The van der Waals surface area contributed by atoms with E-state index < -0.39 is 0 Å². The molecule has 0 aliphatic carbocycles. The highest BCUT2D eigenvalue weighted by Crippen LogP contribution is 2.20. The number of carbonyl (C=O) groups excluding carboxylic acids is 1. The Morgan fingerprint density at radius 3 is 2.32 bits per heavy atom. The number of amides is 1. The van der Waals surface area contributed by atoms with Crippen LogP contribution in [0.3, 0.4) is 0 Å². The van der Waals surface area contributed by atoms with Crippen LogP contribution in [-0.4, -0.2) is 42.6 Å². The summed E-state index contributed by atoms with van der Waals surface area (Å²) in [5.74, 6) is 1.30. The lowest BCUT2D eigenvalue weighted by Crippen LogP contribution is -2.46. The second kappa shape index (κ2) is 7.85. The number of piperidine rings is 1. The zero-order valence-electron chi connectivity index (χ0n) is 12.9. The zero-order chi connectivity index (χ0) is 14.4. The van der Waals surface area contributed by atoms with Crippen molar-refractivity contribution in [1.29, 1.82) is 0 Å². The Balaban J connectivity index is 2.30. The van der Waals surface area contributed by atoms with Crippen LogP contribution < -0.4 is 5.73 Å². The average molecular weight is 270 g/mol. The highest BCUT2D eigenvalue weighted by atomic mass is 16.5. The first-order valence-corrected chi connectivity index (χ1v) is 7.57. The predicted octanol–water partition coefficient (Wildman–Crippen LogP) is 2.02. The molecule has 1 heterocycles. The van der Waals surface area contributed by atoms with Crippen LogP contribution in [0.5, 0.6) is 0 Å². The number of nitrogens with two attached hydrogens (primary N) is 1. The lowest BCUT2D eigenvalue weighted by molar-refractivity contribution is -0.144. The summed E-state index contributed by atoms with van der Waals surface area (Å²) in [5.41, 5.74) is 5.91. The molecule has 0 aromatic heterocycles. The standard InChI is InChI=1S/C15H30N2O2/c1-11(2)7-10-19-13(4)15(18)17-8-5-14(6-9-17)12(3)16/h11-14H,5-10,16H2,1-4H3. The average Bonchev–Trinajstić information content (AvgIpc) is 2.37. The van der Waals surface area contributed by atoms with Gasteiger partial charge in [0, 0.05) is 25.7 Å². The molecule has 0 bridgehead atoms. The second-order valence-electron chi connectivity index (χ2n) is 6.22. The summed E-state index contributed by atoms with van der Waals surface area (Å²) in [7, 11) is 0. The van der Waals surface area contributed by atoms with Crippen molar-refractivity contribution >= 4 is 5.91 Å². The Hall–Kier alpha value is -0.610. The fraction of sp³-hybridized carbons (Fsp3) is 0.933. The minimum atomic E-state index is -0.314. The van der Waals surface area contributed by atoms with Crippen molar-refractivity contribution in [3.05, 3.63) is 0 Å². The van der Waals surface area contributed by atoms with E-state index in [2.05, 4.69) is 20.8 Å². The van der Waals surface area contributed by atoms with Crippen LogP contribution in [0.25, 0.3) is 0 Å². The Morgan fingerprint density at radius 2 is 1.84 bits per heavy atom. The topological polar surface area (TPSA) is 55.6 Å². The van der Waals surface area contributed by atoms with Crippen LogP contribution in [0, 0.1) is 11.8 Å². The van der Waals surface area contributed by atoms with E-state index in [-0.39, 0.29) is 18.1 Å². The van der Waals surface area contributed by atoms with Gasteiger partial charge in [-0.25, -0.2) is 0 Å². The third kappa shape index (κ3) is 5.49. The molecule has 0 radical (unpaired) electrons. The van der Waals surface area contributed by atoms with E-state index in [1.807, 2.05) is 11.8 Å². The minimum Gasteiger partial charge on any atom is -0.369 e. The van der Waals surface area contributed by atoms with Gasteiger partial charge in [0.1, 0.15) is 6.10 Å². The SMILES string of the molecule is CC(C)CCOC(C)C(=O)N1CCC(C(C)N)CC1. The molecule has 2 unspecified atom stereocenters. The molecule has 1 aliphatic heterocycles. The van der Waals surface area contributed by atoms with Gasteiger partial charge in [0.25, 0.3) is 5.91 Å². The molecule has 2 N–H and O–H groups in total. The quantitative estimate of drug-likeness (QED) is 0.803. The Morgan fingerprint density at radius 1 is 1.26 bits per heavy atom. The second-order valence-corrected chi connectivity index (χ2v) is 6.22. The Bertz CT molecular complexity index is 271. The van der Waals surface area contributed by atoms with Crippen LogP contribution in [0.2, 0.25) is 0 Å². The molecule has 1 saturated heterocycles. The molecule has 0 spiro atoms. The molecule has 0 aromatic carbocycles. The Kier molecular flexibility index (Phi) is 6.80. The summed E-state index contributed by atoms with van der Waals surface area (Å²) in [5, 5.41) is 0. The zero-order valence-corrected chi connectivity index (χ0v) is 12.9. The third-order valence-corrected chi connectivity index (χ3v) is 4.01. The van der Waals surface area contributed by atoms with Crippen molar-refractivity contribution in [2.45, 2.75) is 59.1 Å². The van der Waals surface area contributed by atoms with Gasteiger partial charge < -0.3 is 15.4 Å². The smallest absolute Gasteiger partial charge is 0.251 e. The molecule has 1 amide bonds. The van der Waals surface area contributed by atoms with Gasteiger partial charge in [-0.15, -0.1) is 0 Å². The molecule has 1 fully saturated rings. The van der Waals surface area contributed by atoms with Crippen molar-refractivity contribution in [1.82, 2.24) is 4.90 Å².